The molecule has 15 heavy (non-hydrogen) atoms. The largest absolute Gasteiger partial charge is 0.439 e. The number of rotatable bonds is 2. The summed E-state index contributed by atoms with van der Waals surface area (Å²) >= 11 is 0. The van der Waals surface area contributed by atoms with E-state index in [1.165, 1.54) is 6.42 Å². The summed E-state index contributed by atoms with van der Waals surface area (Å²) in [6, 6.07) is 0. The molecule has 4 heteroatoms. The highest BCUT2D eigenvalue weighted by atomic mass is 16.6. The maximum atomic E-state index is 11.1. The second-order valence-corrected chi connectivity index (χ2v) is 3.61. The predicted octanol–water partition coefficient (Wildman–Crippen LogP) is 1.86. The van der Waals surface area contributed by atoms with Gasteiger partial charge in [-0.15, -0.1) is 0 Å². The van der Waals surface area contributed by atoms with Gasteiger partial charge in [-0.25, -0.2) is 4.79 Å². The van der Waals surface area contributed by atoms with Crippen molar-refractivity contribution < 1.29 is 14.3 Å². The zero-order valence-corrected chi connectivity index (χ0v) is 9.36. The van der Waals surface area contributed by atoms with E-state index in [1.54, 1.807) is 14.2 Å². The first-order valence-corrected chi connectivity index (χ1v) is 5.35. The lowest BCUT2D eigenvalue weighted by atomic mass is 10.0. The van der Waals surface area contributed by atoms with Gasteiger partial charge in [0.15, 0.2) is 0 Å². The Morgan fingerprint density at radius 1 is 1.47 bits per heavy atom. The third-order valence-electron chi connectivity index (χ3n) is 2.55. The highest BCUT2D eigenvalue weighted by Gasteiger charge is 2.22. The minimum Gasteiger partial charge on any atom is -0.439 e. The number of nitrogens with one attached hydrogen (secondary N) is 1. The van der Waals surface area contributed by atoms with Crippen molar-refractivity contribution in [2.75, 3.05) is 14.2 Å². The number of hydrogen-bond acceptors (Lipinski definition) is 3. The lowest BCUT2D eigenvalue weighted by Crippen LogP contribution is -2.34. The van der Waals surface area contributed by atoms with Gasteiger partial charge >= 0.3 is 6.09 Å². The summed E-state index contributed by atoms with van der Waals surface area (Å²) in [7, 11) is 3.21. The van der Waals surface area contributed by atoms with Crippen molar-refractivity contribution in [1.29, 1.82) is 0 Å². The molecule has 0 aromatic heterocycles. The zero-order chi connectivity index (χ0) is 11.1. The van der Waals surface area contributed by atoms with E-state index in [0.29, 0.717) is 0 Å². The van der Waals surface area contributed by atoms with Crippen molar-refractivity contribution in [3.05, 3.63) is 12.2 Å². The molecule has 0 spiro atoms. The van der Waals surface area contributed by atoms with Gasteiger partial charge in [0.2, 0.25) is 0 Å². The van der Waals surface area contributed by atoms with E-state index in [-0.39, 0.29) is 12.2 Å². The van der Waals surface area contributed by atoms with Crippen LogP contribution in [0.25, 0.3) is 0 Å². The minimum atomic E-state index is -0.410. The van der Waals surface area contributed by atoms with E-state index in [1.807, 2.05) is 6.08 Å². The molecule has 2 atom stereocenters. The number of allylic oxidation sites excluding steroid dienone is 1. The molecule has 1 N–H and O–H groups in total. The molecule has 0 saturated carbocycles. The summed E-state index contributed by atoms with van der Waals surface area (Å²) in [5.74, 6) is 0. The maximum absolute atomic E-state index is 11.1. The average Bonchev–Trinajstić information content (AvgIpc) is 2.22. The van der Waals surface area contributed by atoms with Crippen LogP contribution in [0, 0.1) is 0 Å². The number of hydrogen-bond donors (Lipinski definition) is 1. The highest BCUT2D eigenvalue weighted by Crippen LogP contribution is 2.17. The van der Waals surface area contributed by atoms with Crippen LogP contribution in [0.15, 0.2) is 12.2 Å². The summed E-state index contributed by atoms with van der Waals surface area (Å²) < 4.78 is 10.5. The Balaban J connectivity index is 2.60. The van der Waals surface area contributed by atoms with Crippen molar-refractivity contribution in [2.45, 2.75) is 37.9 Å². The van der Waals surface area contributed by atoms with Gasteiger partial charge in [0, 0.05) is 14.2 Å². The van der Waals surface area contributed by atoms with Gasteiger partial charge in [0.25, 0.3) is 0 Å². The van der Waals surface area contributed by atoms with Gasteiger partial charge in [-0.05, 0) is 25.3 Å². The first-order chi connectivity index (χ1) is 7.27. The Morgan fingerprint density at radius 2 is 2.27 bits per heavy atom. The predicted molar refractivity (Wildman–Crippen MR) is 57.7 cm³/mol. The molecule has 1 aliphatic rings. The zero-order valence-electron chi connectivity index (χ0n) is 9.36. The van der Waals surface area contributed by atoms with Crippen LogP contribution in [0.1, 0.15) is 25.7 Å². The van der Waals surface area contributed by atoms with Crippen LogP contribution in [-0.2, 0) is 9.47 Å². The summed E-state index contributed by atoms with van der Waals surface area (Å²) in [6.45, 7) is 0. The molecule has 0 bridgehead atoms. The number of ether oxygens (including phenoxy) is 2. The first kappa shape index (κ1) is 12.0. The van der Waals surface area contributed by atoms with Crippen LogP contribution in [0.4, 0.5) is 4.79 Å². The monoisotopic (exact) mass is 213 g/mol. The topological polar surface area (TPSA) is 47.6 Å². The number of alkyl carbamates (subject to hydrolysis) is 1. The average molecular weight is 213 g/mol. The molecule has 1 rings (SSSR count). The molecule has 0 fully saturated rings. The Hall–Kier alpha value is -1.03. The van der Waals surface area contributed by atoms with Crippen LogP contribution in [0.3, 0.4) is 0 Å². The van der Waals surface area contributed by atoms with Gasteiger partial charge in [-0.3, -0.25) is 0 Å². The third-order valence-corrected chi connectivity index (χ3v) is 2.55. The SMILES string of the molecule is CNC(=O)OC1/C=C/CCCCC1OC. The molecule has 1 aliphatic carbocycles. The van der Waals surface area contributed by atoms with Crippen LogP contribution in [0.5, 0.6) is 0 Å². The van der Waals surface area contributed by atoms with Gasteiger partial charge in [0.05, 0.1) is 6.10 Å². The number of carbonyl (C=O) groups excluding carboxylic acids is 1. The Bertz CT molecular complexity index is 228. The van der Waals surface area contributed by atoms with E-state index in [0.717, 1.165) is 19.3 Å². The molecule has 4 nitrogen and oxygen atoms in total. The Kier molecular flexibility index (Phi) is 5.18. The number of methoxy groups -OCH3 is 1. The van der Waals surface area contributed by atoms with Gasteiger partial charge in [0.1, 0.15) is 6.10 Å². The smallest absolute Gasteiger partial charge is 0.407 e. The van der Waals surface area contributed by atoms with Crippen molar-refractivity contribution >= 4 is 6.09 Å². The van der Waals surface area contributed by atoms with Crippen molar-refractivity contribution in [1.82, 2.24) is 5.32 Å². The van der Waals surface area contributed by atoms with E-state index in [4.69, 9.17) is 9.47 Å². The van der Waals surface area contributed by atoms with E-state index in [2.05, 4.69) is 11.4 Å². The van der Waals surface area contributed by atoms with Crippen molar-refractivity contribution in [2.24, 2.45) is 0 Å². The van der Waals surface area contributed by atoms with E-state index >= 15 is 0 Å². The molecule has 0 radical (unpaired) electrons. The normalized spacial score (nSPS) is 28.7. The second-order valence-electron chi connectivity index (χ2n) is 3.61. The van der Waals surface area contributed by atoms with Crippen LogP contribution < -0.4 is 5.32 Å². The highest BCUT2D eigenvalue weighted by molar-refractivity contribution is 5.67. The second kappa shape index (κ2) is 6.45. The van der Waals surface area contributed by atoms with Gasteiger partial charge < -0.3 is 14.8 Å². The molecular weight excluding hydrogens is 194 g/mol. The third kappa shape index (κ3) is 3.91. The lowest BCUT2D eigenvalue weighted by molar-refractivity contribution is -0.00582. The van der Waals surface area contributed by atoms with Gasteiger partial charge in [-0.1, -0.05) is 12.5 Å². The summed E-state index contributed by atoms with van der Waals surface area (Å²) in [5, 5.41) is 2.44. The van der Waals surface area contributed by atoms with Crippen LogP contribution in [0.2, 0.25) is 0 Å². The van der Waals surface area contributed by atoms with Crippen LogP contribution >= 0.6 is 0 Å². The van der Waals surface area contributed by atoms with E-state index < -0.39 is 6.09 Å². The Labute approximate surface area is 90.6 Å². The molecule has 2 unspecified atom stereocenters. The maximum Gasteiger partial charge on any atom is 0.407 e. The summed E-state index contributed by atoms with van der Waals surface area (Å²) in [5.41, 5.74) is 0. The molecule has 0 aliphatic heterocycles. The fourth-order valence-electron chi connectivity index (χ4n) is 1.68. The minimum absolute atomic E-state index is 0.0288. The van der Waals surface area contributed by atoms with Crippen molar-refractivity contribution in [3.63, 3.8) is 0 Å². The molecule has 0 saturated heterocycles. The number of amides is 1. The standard InChI is InChI=1S/C11H19NO3/c1-12-11(13)15-10-8-6-4-3-5-7-9(10)14-2/h6,8-10H,3-5,7H2,1-2H3,(H,12,13)/b8-6+. The van der Waals surface area contributed by atoms with Crippen molar-refractivity contribution in [3.8, 4) is 0 Å². The van der Waals surface area contributed by atoms with Gasteiger partial charge in [-0.2, -0.15) is 0 Å². The van der Waals surface area contributed by atoms with Crippen LogP contribution in [-0.4, -0.2) is 32.5 Å². The first-order valence-electron chi connectivity index (χ1n) is 5.35. The summed E-state index contributed by atoms with van der Waals surface area (Å²) in [6.07, 6.45) is 7.52. The lowest BCUT2D eigenvalue weighted by Gasteiger charge is -2.24. The Morgan fingerprint density at radius 3 is 2.93 bits per heavy atom. The molecule has 0 aromatic carbocycles. The molecule has 1 amide bonds. The fourth-order valence-corrected chi connectivity index (χ4v) is 1.68. The quantitative estimate of drug-likeness (QED) is 0.712. The molecule has 0 heterocycles. The van der Waals surface area contributed by atoms with E-state index in [9.17, 15) is 4.79 Å². The fraction of sp³-hybridized carbons (Fsp3) is 0.727. The summed E-state index contributed by atoms with van der Waals surface area (Å²) in [4.78, 5) is 11.1. The molecular formula is C11H19NO3. The number of carbonyl (C=O) groups is 1. The molecule has 86 valence electrons. The molecule has 0 aromatic rings.